The van der Waals surface area contributed by atoms with Gasteiger partial charge < -0.3 is 10.2 Å². The Kier molecular flexibility index (Phi) is 8.60. The highest BCUT2D eigenvalue weighted by molar-refractivity contribution is 6.31. The molecule has 0 aromatic heterocycles. The molecule has 0 atom stereocenters. The normalized spacial score (nSPS) is 10.3. The van der Waals surface area contributed by atoms with E-state index in [0.29, 0.717) is 24.5 Å². The highest BCUT2D eigenvalue weighted by atomic mass is 35.5. The molecule has 122 valence electrons. The maximum absolute atomic E-state index is 11.9. The minimum absolute atomic E-state index is 0.0232. The summed E-state index contributed by atoms with van der Waals surface area (Å²) in [4.78, 5) is 25.2. The van der Waals surface area contributed by atoms with Gasteiger partial charge in [0.1, 0.15) is 0 Å². The molecule has 5 heteroatoms. The van der Waals surface area contributed by atoms with E-state index in [-0.39, 0.29) is 11.8 Å². The molecular formula is C17H25ClN2O2. The van der Waals surface area contributed by atoms with Gasteiger partial charge in [-0.15, -0.1) is 0 Å². The minimum Gasteiger partial charge on any atom is -0.352 e. The molecule has 1 aromatic carbocycles. The number of carbonyl (C=O) groups is 2. The van der Waals surface area contributed by atoms with Crippen LogP contribution in [0.3, 0.4) is 0 Å². The SMILES string of the molecule is CCCCCN(CCC(=O)NCc1ccccc1Cl)C(C)=O. The fraction of sp³-hybridized carbons (Fsp3) is 0.529. The first-order valence-electron chi connectivity index (χ1n) is 7.80. The smallest absolute Gasteiger partial charge is 0.222 e. The summed E-state index contributed by atoms with van der Waals surface area (Å²) in [5, 5.41) is 3.49. The number of nitrogens with zero attached hydrogens (tertiary/aromatic N) is 1. The van der Waals surface area contributed by atoms with Gasteiger partial charge in [0, 0.05) is 38.0 Å². The number of hydrogen-bond acceptors (Lipinski definition) is 2. The van der Waals surface area contributed by atoms with E-state index in [9.17, 15) is 9.59 Å². The summed E-state index contributed by atoms with van der Waals surface area (Å²) >= 11 is 6.04. The number of carbonyl (C=O) groups excluding carboxylic acids is 2. The van der Waals surface area contributed by atoms with E-state index in [1.807, 2.05) is 18.2 Å². The fourth-order valence-electron chi connectivity index (χ4n) is 2.14. The molecule has 0 spiro atoms. The Hall–Kier alpha value is -1.55. The Bertz CT molecular complexity index is 491. The lowest BCUT2D eigenvalue weighted by atomic mass is 10.2. The molecule has 2 amide bonds. The lowest BCUT2D eigenvalue weighted by Crippen LogP contribution is -2.34. The molecule has 0 saturated heterocycles. The van der Waals surface area contributed by atoms with E-state index < -0.39 is 0 Å². The van der Waals surface area contributed by atoms with Gasteiger partial charge in [0.25, 0.3) is 0 Å². The molecule has 0 aliphatic rings. The van der Waals surface area contributed by atoms with Gasteiger partial charge >= 0.3 is 0 Å². The van der Waals surface area contributed by atoms with Crippen LogP contribution in [0.4, 0.5) is 0 Å². The van der Waals surface area contributed by atoms with Crippen LogP contribution in [0.15, 0.2) is 24.3 Å². The van der Waals surface area contributed by atoms with Crippen molar-refractivity contribution in [1.29, 1.82) is 0 Å². The summed E-state index contributed by atoms with van der Waals surface area (Å²) in [6.07, 6.45) is 3.51. The van der Waals surface area contributed by atoms with Gasteiger partial charge in [-0.1, -0.05) is 49.6 Å². The van der Waals surface area contributed by atoms with Gasteiger partial charge in [-0.3, -0.25) is 9.59 Å². The fourth-order valence-corrected chi connectivity index (χ4v) is 2.34. The largest absolute Gasteiger partial charge is 0.352 e. The molecule has 1 aromatic rings. The number of hydrogen-bond donors (Lipinski definition) is 1. The molecule has 0 radical (unpaired) electrons. The second kappa shape index (κ2) is 10.2. The molecule has 0 bridgehead atoms. The van der Waals surface area contributed by atoms with Crippen LogP contribution in [-0.2, 0) is 16.1 Å². The average Bonchev–Trinajstić information content (AvgIpc) is 2.49. The van der Waals surface area contributed by atoms with E-state index in [4.69, 9.17) is 11.6 Å². The highest BCUT2D eigenvalue weighted by Gasteiger charge is 2.11. The van der Waals surface area contributed by atoms with Crippen molar-refractivity contribution in [1.82, 2.24) is 10.2 Å². The van der Waals surface area contributed by atoms with Crippen LogP contribution in [0.2, 0.25) is 5.02 Å². The number of amides is 2. The Morgan fingerprint density at radius 1 is 1.18 bits per heavy atom. The molecule has 0 unspecified atom stereocenters. The van der Waals surface area contributed by atoms with Crippen molar-refractivity contribution >= 4 is 23.4 Å². The first-order chi connectivity index (χ1) is 10.5. The molecule has 0 heterocycles. The monoisotopic (exact) mass is 324 g/mol. The lowest BCUT2D eigenvalue weighted by Gasteiger charge is -2.20. The molecule has 1 N–H and O–H groups in total. The molecule has 0 aliphatic carbocycles. The van der Waals surface area contributed by atoms with Crippen molar-refractivity contribution in [2.24, 2.45) is 0 Å². The molecular weight excluding hydrogens is 300 g/mol. The highest BCUT2D eigenvalue weighted by Crippen LogP contribution is 2.14. The van der Waals surface area contributed by atoms with E-state index in [0.717, 1.165) is 31.4 Å². The van der Waals surface area contributed by atoms with Gasteiger partial charge in [-0.2, -0.15) is 0 Å². The van der Waals surface area contributed by atoms with Crippen LogP contribution in [-0.4, -0.2) is 29.8 Å². The van der Waals surface area contributed by atoms with Crippen LogP contribution in [0.1, 0.15) is 45.1 Å². The van der Waals surface area contributed by atoms with Crippen LogP contribution in [0.5, 0.6) is 0 Å². The van der Waals surface area contributed by atoms with Crippen LogP contribution >= 0.6 is 11.6 Å². The average molecular weight is 325 g/mol. The predicted molar refractivity (Wildman–Crippen MR) is 89.7 cm³/mol. The van der Waals surface area contributed by atoms with Crippen LogP contribution in [0.25, 0.3) is 0 Å². The topological polar surface area (TPSA) is 49.4 Å². The first-order valence-corrected chi connectivity index (χ1v) is 8.18. The number of nitrogens with one attached hydrogen (secondary N) is 1. The van der Waals surface area contributed by atoms with Crippen molar-refractivity contribution in [3.8, 4) is 0 Å². The summed E-state index contributed by atoms with van der Waals surface area (Å²) < 4.78 is 0. The van der Waals surface area contributed by atoms with Crippen molar-refractivity contribution in [2.45, 2.75) is 46.1 Å². The zero-order valence-corrected chi connectivity index (χ0v) is 14.2. The third-order valence-corrected chi connectivity index (χ3v) is 3.89. The van der Waals surface area contributed by atoms with Gasteiger partial charge in [-0.05, 0) is 18.1 Å². The Morgan fingerprint density at radius 2 is 1.91 bits per heavy atom. The molecule has 22 heavy (non-hydrogen) atoms. The first kappa shape index (κ1) is 18.5. The van der Waals surface area contributed by atoms with Gasteiger partial charge in [0.05, 0.1) is 0 Å². The number of rotatable bonds is 9. The maximum Gasteiger partial charge on any atom is 0.222 e. The summed E-state index contributed by atoms with van der Waals surface area (Å²) in [6.45, 7) is 5.27. The molecule has 1 rings (SSSR count). The molecule has 0 saturated carbocycles. The van der Waals surface area contributed by atoms with Crippen LogP contribution in [0, 0.1) is 0 Å². The zero-order valence-electron chi connectivity index (χ0n) is 13.4. The van der Waals surface area contributed by atoms with Crippen LogP contribution < -0.4 is 5.32 Å². The standard InChI is InChI=1S/C17H25ClN2O2/c1-3-4-7-11-20(14(2)21)12-10-17(22)19-13-15-8-5-6-9-16(15)18/h5-6,8-9H,3-4,7,10-13H2,1-2H3,(H,19,22). The third kappa shape index (κ3) is 6.94. The van der Waals surface area contributed by atoms with Gasteiger partial charge in [-0.25, -0.2) is 0 Å². The van der Waals surface area contributed by atoms with Crippen molar-refractivity contribution < 1.29 is 9.59 Å². The predicted octanol–water partition coefficient (Wildman–Crippen LogP) is 3.39. The summed E-state index contributed by atoms with van der Waals surface area (Å²) in [6, 6.07) is 7.43. The Balaban J connectivity index is 2.34. The Morgan fingerprint density at radius 3 is 2.55 bits per heavy atom. The quantitative estimate of drug-likeness (QED) is 0.708. The van der Waals surface area contributed by atoms with E-state index >= 15 is 0 Å². The van der Waals surface area contributed by atoms with E-state index in [2.05, 4.69) is 12.2 Å². The summed E-state index contributed by atoms with van der Waals surface area (Å²) in [7, 11) is 0. The molecule has 0 fully saturated rings. The maximum atomic E-state index is 11.9. The zero-order chi connectivity index (χ0) is 16.4. The second-order valence-corrected chi connectivity index (χ2v) is 5.74. The van der Waals surface area contributed by atoms with Gasteiger partial charge in [0.2, 0.25) is 11.8 Å². The second-order valence-electron chi connectivity index (χ2n) is 5.33. The number of halogens is 1. The number of benzene rings is 1. The lowest BCUT2D eigenvalue weighted by molar-refractivity contribution is -0.129. The van der Waals surface area contributed by atoms with Crippen molar-refractivity contribution in [2.75, 3.05) is 13.1 Å². The number of unbranched alkanes of at least 4 members (excludes halogenated alkanes) is 2. The third-order valence-electron chi connectivity index (χ3n) is 3.52. The van der Waals surface area contributed by atoms with Crippen molar-refractivity contribution in [3.63, 3.8) is 0 Å². The Labute approximate surface area is 137 Å². The summed E-state index contributed by atoms with van der Waals surface area (Å²) in [5.41, 5.74) is 0.892. The summed E-state index contributed by atoms with van der Waals surface area (Å²) in [5.74, 6) is -0.0448. The van der Waals surface area contributed by atoms with E-state index in [1.54, 1.807) is 17.9 Å². The molecule has 4 nitrogen and oxygen atoms in total. The minimum atomic E-state index is -0.0679. The van der Waals surface area contributed by atoms with Crippen molar-refractivity contribution in [3.05, 3.63) is 34.9 Å². The molecule has 0 aliphatic heterocycles. The van der Waals surface area contributed by atoms with E-state index in [1.165, 1.54) is 0 Å². The van der Waals surface area contributed by atoms with Gasteiger partial charge in [0.15, 0.2) is 0 Å².